The Morgan fingerprint density at radius 3 is 2.26 bits per heavy atom. The fraction of sp³-hybridized carbons (Fsp3) is 0.125. The molecule has 0 radical (unpaired) electrons. The summed E-state index contributed by atoms with van der Waals surface area (Å²) < 4.78 is 0. The Bertz CT molecular complexity index is 561. The minimum Gasteiger partial charge on any atom is -0.303 e. The fourth-order valence-electron chi connectivity index (χ4n) is 1.90. The van der Waals surface area contributed by atoms with Crippen LogP contribution in [0.2, 0.25) is 5.02 Å². The van der Waals surface area contributed by atoms with Crippen LogP contribution in [0.1, 0.15) is 28.3 Å². The number of carbonyl (C=O) groups is 2. The largest absolute Gasteiger partial charge is 0.303 e. The number of halogens is 1. The number of ketones is 1. The SMILES string of the molecule is O=CC(CC(=O)c1ccccc1)c1ccc(Cl)cc1. The quantitative estimate of drug-likeness (QED) is 0.611. The zero-order chi connectivity index (χ0) is 13.7. The summed E-state index contributed by atoms with van der Waals surface area (Å²) in [4.78, 5) is 23.2. The molecule has 2 aromatic rings. The molecule has 1 unspecified atom stereocenters. The summed E-state index contributed by atoms with van der Waals surface area (Å²) >= 11 is 5.81. The molecule has 0 spiro atoms. The summed E-state index contributed by atoms with van der Waals surface area (Å²) in [5, 5.41) is 0.614. The number of carbonyl (C=O) groups excluding carboxylic acids is 2. The van der Waals surface area contributed by atoms with E-state index in [2.05, 4.69) is 0 Å². The molecule has 0 saturated heterocycles. The molecule has 0 aromatic heterocycles. The average Bonchev–Trinajstić information content (AvgIpc) is 2.46. The van der Waals surface area contributed by atoms with E-state index < -0.39 is 5.92 Å². The second-order valence-electron chi connectivity index (χ2n) is 4.29. The van der Waals surface area contributed by atoms with Gasteiger partial charge in [0.2, 0.25) is 0 Å². The molecule has 3 heteroatoms. The monoisotopic (exact) mass is 272 g/mol. The van der Waals surface area contributed by atoms with Gasteiger partial charge in [-0.1, -0.05) is 54.1 Å². The Labute approximate surface area is 117 Å². The molecule has 0 amide bonds. The molecule has 0 N–H and O–H groups in total. The van der Waals surface area contributed by atoms with Crippen molar-refractivity contribution in [3.63, 3.8) is 0 Å². The van der Waals surface area contributed by atoms with Gasteiger partial charge in [0, 0.05) is 22.9 Å². The Balaban J connectivity index is 2.14. The highest BCUT2D eigenvalue weighted by Crippen LogP contribution is 2.21. The number of rotatable bonds is 5. The molecule has 0 saturated carbocycles. The summed E-state index contributed by atoms with van der Waals surface area (Å²) in [6.45, 7) is 0. The van der Waals surface area contributed by atoms with Gasteiger partial charge in [0.15, 0.2) is 5.78 Å². The second-order valence-corrected chi connectivity index (χ2v) is 4.72. The molecule has 96 valence electrons. The summed E-state index contributed by atoms with van der Waals surface area (Å²) in [6, 6.07) is 16.0. The van der Waals surface area contributed by atoms with Crippen molar-refractivity contribution in [1.82, 2.24) is 0 Å². The molecular formula is C16H13ClO2. The first kappa shape index (κ1) is 13.5. The van der Waals surface area contributed by atoms with Gasteiger partial charge in [0.25, 0.3) is 0 Å². The van der Waals surface area contributed by atoms with Crippen LogP contribution in [-0.2, 0) is 4.79 Å². The van der Waals surface area contributed by atoms with Crippen LogP contribution in [0.4, 0.5) is 0 Å². The predicted octanol–water partition coefficient (Wildman–Crippen LogP) is 3.90. The Hall–Kier alpha value is -1.93. The van der Waals surface area contributed by atoms with Gasteiger partial charge < -0.3 is 4.79 Å². The van der Waals surface area contributed by atoms with Crippen molar-refractivity contribution in [2.45, 2.75) is 12.3 Å². The molecule has 0 fully saturated rings. The van der Waals surface area contributed by atoms with Crippen molar-refractivity contribution in [3.05, 3.63) is 70.7 Å². The maximum absolute atomic E-state index is 12.1. The highest BCUT2D eigenvalue weighted by molar-refractivity contribution is 6.30. The van der Waals surface area contributed by atoms with E-state index in [1.807, 2.05) is 18.2 Å². The van der Waals surface area contributed by atoms with E-state index in [0.717, 1.165) is 11.8 Å². The summed E-state index contributed by atoms with van der Waals surface area (Å²) in [5.41, 5.74) is 1.44. The van der Waals surface area contributed by atoms with E-state index in [1.54, 1.807) is 36.4 Å². The van der Waals surface area contributed by atoms with Gasteiger partial charge in [-0.3, -0.25) is 4.79 Å². The van der Waals surface area contributed by atoms with E-state index in [-0.39, 0.29) is 12.2 Å². The van der Waals surface area contributed by atoms with Crippen molar-refractivity contribution in [3.8, 4) is 0 Å². The molecule has 0 aliphatic rings. The van der Waals surface area contributed by atoms with Gasteiger partial charge in [-0.15, -0.1) is 0 Å². The smallest absolute Gasteiger partial charge is 0.163 e. The van der Waals surface area contributed by atoms with Gasteiger partial charge in [-0.25, -0.2) is 0 Å². The second kappa shape index (κ2) is 6.30. The summed E-state index contributed by atoms with van der Waals surface area (Å²) in [7, 11) is 0. The standard InChI is InChI=1S/C16H13ClO2/c17-15-8-6-12(7-9-15)14(11-18)10-16(19)13-4-2-1-3-5-13/h1-9,11,14H,10H2. The lowest BCUT2D eigenvalue weighted by atomic mass is 9.93. The topological polar surface area (TPSA) is 34.1 Å². The van der Waals surface area contributed by atoms with Crippen molar-refractivity contribution in [2.75, 3.05) is 0 Å². The molecule has 2 aromatic carbocycles. The Morgan fingerprint density at radius 1 is 1.05 bits per heavy atom. The van der Waals surface area contributed by atoms with E-state index in [0.29, 0.717) is 10.6 Å². The lowest BCUT2D eigenvalue weighted by Crippen LogP contribution is -2.08. The minimum atomic E-state index is -0.426. The highest BCUT2D eigenvalue weighted by Gasteiger charge is 2.16. The zero-order valence-electron chi connectivity index (χ0n) is 10.3. The molecule has 0 heterocycles. The number of benzene rings is 2. The predicted molar refractivity (Wildman–Crippen MR) is 75.6 cm³/mol. The number of Topliss-reactive ketones (excluding diaryl/α,β-unsaturated/α-hetero) is 1. The minimum absolute atomic E-state index is 0.0346. The highest BCUT2D eigenvalue weighted by atomic mass is 35.5. The molecule has 1 atom stereocenters. The third kappa shape index (κ3) is 3.52. The molecule has 0 aliphatic carbocycles. The van der Waals surface area contributed by atoms with Gasteiger partial charge in [0.1, 0.15) is 6.29 Å². The van der Waals surface area contributed by atoms with Crippen LogP contribution in [0.25, 0.3) is 0 Å². The number of aldehydes is 1. The first-order valence-corrected chi connectivity index (χ1v) is 6.37. The Kier molecular flexibility index (Phi) is 4.48. The third-order valence-electron chi connectivity index (χ3n) is 2.96. The summed E-state index contributed by atoms with van der Waals surface area (Å²) in [6.07, 6.45) is 0.985. The van der Waals surface area contributed by atoms with Crippen molar-refractivity contribution in [2.24, 2.45) is 0 Å². The van der Waals surface area contributed by atoms with Gasteiger partial charge >= 0.3 is 0 Å². The Morgan fingerprint density at radius 2 is 1.68 bits per heavy atom. The first-order chi connectivity index (χ1) is 9.20. The summed E-state index contributed by atoms with van der Waals surface area (Å²) in [5.74, 6) is -0.461. The molecule has 0 bridgehead atoms. The first-order valence-electron chi connectivity index (χ1n) is 5.99. The van der Waals surface area contributed by atoms with E-state index in [1.165, 1.54) is 0 Å². The van der Waals surface area contributed by atoms with Crippen LogP contribution >= 0.6 is 11.6 Å². The molecular weight excluding hydrogens is 260 g/mol. The molecule has 2 rings (SSSR count). The van der Waals surface area contributed by atoms with Crippen LogP contribution in [0.3, 0.4) is 0 Å². The van der Waals surface area contributed by atoms with Crippen molar-refractivity contribution in [1.29, 1.82) is 0 Å². The third-order valence-corrected chi connectivity index (χ3v) is 3.22. The average molecular weight is 273 g/mol. The molecule has 2 nitrogen and oxygen atoms in total. The van der Waals surface area contributed by atoms with Crippen LogP contribution < -0.4 is 0 Å². The van der Waals surface area contributed by atoms with E-state index in [4.69, 9.17) is 11.6 Å². The van der Waals surface area contributed by atoms with Gasteiger partial charge in [-0.2, -0.15) is 0 Å². The lowest BCUT2D eigenvalue weighted by molar-refractivity contribution is -0.109. The van der Waals surface area contributed by atoms with E-state index >= 15 is 0 Å². The fourth-order valence-corrected chi connectivity index (χ4v) is 2.02. The van der Waals surface area contributed by atoms with Gasteiger partial charge in [-0.05, 0) is 17.7 Å². The number of hydrogen-bond acceptors (Lipinski definition) is 2. The number of hydrogen-bond donors (Lipinski definition) is 0. The van der Waals surface area contributed by atoms with Crippen LogP contribution in [0, 0.1) is 0 Å². The molecule has 0 aliphatic heterocycles. The lowest BCUT2D eigenvalue weighted by Gasteiger charge is -2.10. The van der Waals surface area contributed by atoms with Crippen LogP contribution in [0.15, 0.2) is 54.6 Å². The molecule has 19 heavy (non-hydrogen) atoms. The van der Waals surface area contributed by atoms with Gasteiger partial charge in [0.05, 0.1) is 0 Å². The van der Waals surface area contributed by atoms with Crippen LogP contribution in [0.5, 0.6) is 0 Å². The maximum Gasteiger partial charge on any atom is 0.163 e. The van der Waals surface area contributed by atoms with E-state index in [9.17, 15) is 9.59 Å². The normalized spacial score (nSPS) is 11.8. The van der Waals surface area contributed by atoms with Crippen molar-refractivity contribution >= 4 is 23.7 Å². The van der Waals surface area contributed by atoms with Crippen LogP contribution in [-0.4, -0.2) is 12.1 Å². The van der Waals surface area contributed by atoms with Crippen molar-refractivity contribution < 1.29 is 9.59 Å². The zero-order valence-corrected chi connectivity index (χ0v) is 11.0. The maximum atomic E-state index is 12.1.